The second-order valence-electron chi connectivity index (χ2n) is 2.16. The summed E-state index contributed by atoms with van der Waals surface area (Å²) in [7, 11) is 3.78. The minimum atomic E-state index is -2.64. The van der Waals surface area contributed by atoms with Crippen molar-refractivity contribution in [2.24, 2.45) is 0 Å². The normalized spacial score (nSPS) is 14.4. The molecule has 0 atom stereocenters. The number of rotatable bonds is 7. The lowest BCUT2D eigenvalue weighted by molar-refractivity contribution is 0.152. The van der Waals surface area contributed by atoms with Crippen LogP contribution in [-0.2, 0) is 13.3 Å². The van der Waals surface area contributed by atoms with E-state index in [2.05, 4.69) is 30.2 Å². The first-order valence-corrected chi connectivity index (χ1v) is 12.8. The SMILES string of the molecule is CCS(SS)(SS)[Si](OC)(OC)OC. The summed E-state index contributed by atoms with van der Waals surface area (Å²) in [5.74, 6) is 0.886. The van der Waals surface area contributed by atoms with Gasteiger partial charge in [-0.3, -0.25) is 0 Å². The van der Waals surface area contributed by atoms with E-state index in [0.29, 0.717) is 0 Å². The van der Waals surface area contributed by atoms with Crippen molar-refractivity contribution in [3.8, 4) is 0 Å². The number of hydrogen-bond donors (Lipinski definition) is 2. The Morgan fingerprint density at radius 1 is 1.07 bits per heavy atom. The van der Waals surface area contributed by atoms with Gasteiger partial charge in [0.2, 0.25) is 0 Å². The molecule has 0 saturated heterocycles. The van der Waals surface area contributed by atoms with Gasteiger partial charge in [-0.05, 0) is 25.4 Å². The number of thiol groups is 2. The Balaban J connectivity index is 5.08. The van der Waals surface area contributed by atoms with E-state index in [4.69, 9.17) is 13.3 Å². The minimum absolute atomic E-state index is 0.886. The fourth-order valence-electron chi connectivity index (χ4n) is 1.02. The molecule has 0 aromatic carbocycles. The molecule has 0 aromatic rings. The van der Waals surface area contributed by atoms with E-state index in [0.717, 1.165) is 5.75 Å². The van der Waals surface area contributed by atoms with Crippen LogP contribution in [0.1, 0.15) is 6.92 Å². The van der Waals surface area contributed by atoms with Gasteiger partial charge in [0.05, 0.1) is 0 Å². The molecule has 0 radical (unpaired) electrons. The molecule has 0 bridgehead atoms. The van der Waals surface area contributed by atoms with Gasteiger partial charge in [0, 0.05) is 21.3 Å². The third-order valence-electron chi connectivity index (χ3n) is 1.75. The molecule has 0 fully saturated rings. The lowest BCUT2D eigenvalue weighted by Crippen LogP contribution is -2.46. The molecule has 9 heteroatoms. The van der Waals surface area contributed by atoms with Gasteiger partial charge in [0.1, 0.15) is 0 Å². The summed E-state index contributed by atoms with van der Waals surface area (Å²) in [6, 6.07) is 0. The molecule has 0 N–H and O–H groups in total. The Hall–Kier alpha value is 1.85. The van der Waals surface area contributed by atoms with Crippen LogP contribution in [0.25, 0.3) is 0 Å². The summed E-state index contributed by atoms with van der Waals surface area (Å²) in [5.41, 5.74) is 0. The first-order valence-electron chi connectivity index (χ1n) is 3.74. The van der Waals surface area contributed by atoms with Crippen LogP contribution in [0.3, 0.4) is 0 Å². The van der Waals surface area contributed by atoms with Gasteiger partial charge in [0.15, 0.2) is 0 Å². The van der Waals surface area contributed by atoms with Gasteiger partial charge in [0.25, 0.3) is 0 Å². The maximum atomic E-state index is 5.47. The van der Waals surface area contributed by atoms with Gasteiger partial charge in [-0.15, -0.1) is 23.3 Å². The molecule has 3 nitrogen and oxygen atoms in total. The summed E-state index contributed by atoms with van der Waals surface area (Å²) in [5, 5.41) is 0. The zero-order valence-corrected chi connectivity index (χ0v) is 13.8. The number of hydrogen-bond acceptors (Lipinski definition) is 7. The van der Waals surface area contributed by atoms with E-state index >= 15 is 0 Å². The topological polar surface area (TPSA) is 27.7 Å². The molecule has 0 aliphatic rings. The molecule has 0 amide bonds. The lowest BCUT2D eigenvalue weighted by atomic mass is 11.0. The largest absolute Gasteiger partial charge is 0.575 e. The Kier molecular flexibility index (Phi) is 8.18. The van der Waals surface area contributed by atoms with Crippen molar-refractivity contribution >= 4 is 58.5 Å². The fourth-order valence-corrected chi connectivity index (χ4v) is 23.0. The van der Waals surface area contributed by atoms with Gasteiger partial charge in [-0.1, -0.05) is 14.5 Å². The summed E-state index contributed by atoms with van der Waals surface area (Å²) >= 11 is 8.59. The van der Waals surface area contributed by atoms with Crippen molar-refractivity contribution in [1.82, 2.24) is 0 Å². The highest BCUT2D eigenvalue weighted by Crippen LogP contribution is 2.77. The van der Waals surface area contributed by atoms with Gasteiger partial charge in [-0.25, -0.2) is 0 Å². The van der Waals surface area contributed by atoms with E-state index in [1.54, 1.807) is 21.3 Å². The second kappa shape index (κ2) is 7.23. The molecule has 0 aliphatic heterocycles. The third-order valence-corrected chi connectivity index (χ3v) is 28.1. The molecule has 0 aromatic heterocycles. The van der Waals surface area contributed by atoms with Crippen LogP contribution in [0.15, 0.2) is 0 Å². The van der Waals surface area contributed by atoms with Crippen molar-refractivity contribution < 1.29 is 13.3 Å². The minimum Gasteiger partial charge on any atom is -0.369 e. The fraction of sp³-hybridized carbons (Fsp3) is 1.00. The van der Waals surface area contributed by atoms with Crippen LogP contribution in [0, 0.1) is 0 Å². The zero-order valence-electron chi connectivity index (χ0n) is 8.55. The summed E-state index contributed by atoms with van der Waals surface area (Å²) < 4.78 is 16.4. The summed E-state index contributed by atoms with van der Waals surface area (Å²) in [6.07, 6.45) is 0. The average Bonchev–Trinajstić information content (AvgIpc) is 2.27. The Morgan fingerprint density at radius 3 is 1.50 bits per heavy atom. The Bertz CT molecular complexity index is 129. The van der Waals surface area contributed by atoms with E-state index < -0.39 is 15.5 Å². The lowest BCUT2D eigenvalue weighted by Gasteiger charge is -2.43. The Morgan fingerprint density at radius 2 is 1.43 bits per heavy atom. The molecular weight excluding hydrogens is 296 g/mol. The highest BCUT2D eigenvalue weighted by atomic mass is 33.9. The van der Waals surface area contributed by atoms with Crippen LogP contribution >= 0.6 is 50.5 Å². The van der Waals surface area contributed by atoms with Gasteiger partial charge < -0.3 is 13.3 Å². The van der Waals surface area contributed by atoms with Crippen molar-refractivity contribution in [2.45, 2.75) is 6.92 Å². The van der Waals surface area contributed by atoms with Crippen LogP contribution in [0.4, 0.5) is 0 Å². The second-order valence-corrected chi connectivity index (χ2v) is 19.5. The van der Waals surface area contributed by atoms with E-state index in [1.165, 1.54) is 19.7 Å². The van der Waals surface area contributed by atoms with E-state index in [1.807, 2.05) is 0 Å². The molecule has 88 valence electrons. The maximum Gasteiger partial charge on any atom is 0.575 e. The van der Waals surface area contributed by atoms with Crippen LogP contribution in [0.2, 0.25) is 0 Å². The first kappa shape index (κ1) is 15.8. The molecule has 0 unspecified atom stereocenters. The molecule has 0 rings (SSSR count). The summed E-state index contributed by atoms with van der Waals surface area (Å²) in [6.45, 7) is 2.07. The molecule has 0 aliphatic carbocycles. The first-order chi connectivity index (χ1) is 6.61. The zero-order chi connectivity index (χ0) is 11.2. The smallest absolute Gasteiger partial charge is 0.369 e. The Labute approximate surface area is 105 Å². The van der Waals surface area contributed by atoms with Gasteiger partial charge >= 0.3 is 7.95 Å². The van der Waals surface area contributed by atoms with E-state index in [-0.39, 0.29) is 0 Å². The van der Waals surface area contributed by atoms with Crippen LogP contribution in [-0.4, -0.2) is 35.0 Å². The predicted octanol–water partition coefficient (Wildman–Crippen LogP) is 3.17. The van der Waals surface area contributed by atoms with Crippen molar-refractivity contribution in [1.29, 1.82) is 0 Å². The van der Waals surface area contributed by atoms with Crippen molar-refractivity contribution in [3.05, 3.63) is 0 Å². The maximum absolute atomic E-state index is 5.47. The quantitative estimate of drug-likeness (QED) is 0.428. The molecule has 14 heavy (non-hydrogen) atoms. The average molecular weight is 313 g/mol. The van der Waals surface area contributed by atoms with Crippen LogP contribution < -0.4 is 0 Å². The third kappa shape index (κ3) is 2.75. The van der Waals surface area contributed by atoms with E-state index in [9.17, 15) is 0 Å². The summed E-state index contributed by atoms with van der Waals surface area (Å²) in [4.78, 5) is 0. The molecule has 0 spiro atoms. The van der Waals surface area contributed by atoms with Gasteiger partial charge in [-0.2, -0.15) is 0 Å². The molecular formula is C5H16O3S5Si. The monoisotopic (exact) mass is 312 g/mol. The van der Waals surface area contributed by atoms with Crippen molar-refractivity contribution in [3.63, 3.8) is 0 Å². The predicted molar refractivity (Wildman–Crippen MR) is 78.1 cm³/mol. The standard InChI is InChI=1S/C5H16O3S5Si/c1-5-13(11-9,12-10)14(6-2,7-3)8-4/h9-10H,5H2,1-4H3. The molecule has 0 heterocycles. The highest BCUT2D eigenvalue weighted by molar-refractivity contribution is 9.50. The van der Waals surface area contributed by atoms with Crippen LogP contribution in [0.5, 0.6) is 0 Å². The molecule has 0 saturated carbocycles. The van der Waals surface area contributed by atoms with Crippen molar-refractivity contribution in [2.75, 3.05) is 27.1 Å². The highest BCUT2D eigenvalue weighted by Gasteiger charge is 2.56.